The highest BCUT2D eigenvalue weighted by molar-refractivity contribution is 14.1. The Hall–Kier alpha value is -5.69. The average Bonchev–Trinajstić information content (AvgIpc) is 1.62. The van der Waals surface area contributed by atoms with Gasteiger partial charge in [0.2, 0.25) is 5.95 Å². The summed E-state index contributed by atoms with van der Waals surface area (Å²) < 4.78 is 81.0. The van der Waals surface area contributed by atoms with E-state index in [0.717, 1.165) is 142 Å². The SMILES string of the molecule is CC[C@@H]1CCN(C(=O)Nc2ccc(C)c(-c3cc(NCCO)nc(N4CCOCC4)c3)c2)C1.Cc1ccc(NC(=O)N2CC[C@@H](CC(F)(F)F)C2)cc1B1OC(C)(C)C(C)(C)O1.Fc1cc(I)cc(N2CCOCC2)n1.NCCO.OCCNc1cc(I)cc(N2CCOCC2)n1. The van der Waals surface area contributed by atoms with Gasteiger partial charge in [-0.05, 0) is 188 Å². The highest BCUT2D eigenvalue weighted by Crippen LogP contribution is 2.38. The number of amides is 4. The van der Waals surface area contributed by atoms with Crippen LogP contribution >= 0.6 is 45.2 Å². The first-order chi connectivity index (χ1) is 46.3. The largest absolute Gasteiger partial charge is 0.495 e. The molecular formula is C67H96BF4I2N13O10. The van der Waals surface area contributed by atoms with E-state index in [1.54, 1.807) is 12.1 Å². The van der Waals surface area contributed by atoms with Crippen LogP contribution in [0.4, 0.5) is 67.6 Å². The molecule has 23 nitrogen and oxygen atoms in total. The predicted molar refractivity (Wildman–Crippen MR) is 390 cm³/mol. The smallest absolute Gasteiger partial charge is 0.399 e. The maximum absolute atomic E-state index is 13.0. The van der Waals surface area contributed by atoms with E-state index >= 15 is 0 Å². The fourth-order valence-corrected chi connectivity index (χ4v) is 12.3. The van der Waals surface area contributed by atoms with Gasteiger partial charge in [-0.15, -0.1) is 0 Å². The highest BCUT2D eigenvalue weighted by Gasteiger charge is 2.52. The molecule has 9 N–H and O–H groups in total. The molecule has 3 aromatic heterocycles. The number of rotatable bonds is 16. The highest BCUT2D eigenvalue weighted by atomic mass is 127. The van der Waals surface area contributed by atoms with Gasteiger partial charge in [0.25, 0.3) is 0 Å². The van der Waals surface area contributed by atoms with E-state index in [2.05, 4.69) is 112 Å². The lowest BCUT2D eigenvalue weighted by Gasteiger charge is -2.32. The molecule has 0 radical (unpaired) electrons. The van der Waals surface area contributed by atoms with Crippen LogP contribution in [-0.2, 0) is 23.5 Å². The number of urea groups is 2. The number of carbonyl (C=O) groups is 2. The van der Waals surface area contributed by atoms with Gasteiger partial charge in [0.05, 0.1) is 70.7 Å². The second-order valence-electron chi connectivity index (χ2n) is 25.2. The maximum Gasteiger partial charge on any atom is 0.495 e. The van der Waals surface area contributed by atoms with Crippen molar-refractivity contribution in [2.75, 3.05) is 181 Å². The van der Waals surface area contributed by atoms with Crippen LogP contribution in [0.1, 0.15) is 71.4 Å². The number of hydrogen-bond acceptors (Lipinski definition) is 19. The number of aliphatic hydroxyl groups is 3. The van der Waals surface area contributed by atoms with Crippen LogP contribution in [0.15, 0.2) is 72.8 Å². The molecule has 6 aliphatic rings. The monoisotopic (exact) mass is 1580 g/mol. The quantitative estimate of drug-likeness (QED) is 0.0198. The van der Waals surface area contributed by atoms with Crippen molar-refractivity contribution in [3.63, 3.8) is 0 Å². The number of pyridine rings is 3. The molecular weight excluding hydrogens is 1490 g/mol. The first-order valence-corrected chi connectivity index (χ1v) is 35.2. The molecule has 30 heteroatoms. The predicted octanol–water partition coefficient (Wildman–Crippen LogP) is 9.19. The van der Waals surface area contributed by atoms with Gasteiger partial charge in [-0.2, -0.15) is 17.6 Å². The summed E-state index contributed by atoms with van der Waals surface area (Å²) in [6.07, 6.45) is -2.51. The first kappa shape index (κ1) is 78.7. The maximum atomic E-state index is 13.0. The summed E-state index contributed by atoms with van der Waals surface area (Å²) in [5, 5.41) is 38.0. The number of aryl methyl sites for hydroxylation is 2. The molecule has 4 amide bonds. The Morgan fingerprint density at radius 2 is 1.06 bits per heavy atom. The van der Waals surface area contributed by atoms with E-state index < -0.39 is 48.8 Å². The Kier molecular flexibility index (Phi) is 31.0. The molecule has 0 bridgehead atoms. The number of anilines is 7. The molecule has 6 fully saturated rings. The van der Waals surface area contributed by atoms with Crippen LogP contribution in [0, 0.1) is 38.8 Å². The number of benzene rings is 2. The van der Waals surface area contributed by atoms with E-state index in [4.69, 9.17) is 44.5 Å². The molecule has 0 unspecified atom stereocenters. The molecule has 2 atom stereocenters. The zero-order valence-electron chi connectivity index (χ0n) is 56.7. The fourth-order valence-electron chi connectivity index (χ4n) is 11.2. The molecule has 11 rings (SSSR count). The minimum Gasteiger partial charge on any atom is -0.399 e. The van der Waals surface area contributed by atoms with E-state index in [1.165, 1.54) is 11.0 Å². The zero-order valence-corrected chi connectivity index (χ0v) is 61.0. The van der Waals surface area contributed by atoms with Crippen molar-refractivity contribution >= 4 is 110 Å². The summed E-state index contributed by atoms with van der Waals surface area (Å²) in [7, 11) is -0.556. The summed E-state index contributed by atoms with van der Waals surface area (Å²) in [6, 6.07) is 22.5. The molecule has 0 saturated carbocycles. The molecule has 6 saturated heterocycles. The molecule has 0 aliphatic carbocycles. The topological polar surface area (TPSA) is 270 Å². The minimum absolute atomic E-state index is 0.0326. The van der Waals surface area contributed by atoms with Gasteiger partial charge in [0, 0.05) is 116 Å². The van der Waals surface area contributed by atoms with E-state index in [-0.39, 0.29) is 32.4 Å². The summed E-state index contributed by atoms with van der Waals surface area (Å²) in [4.78, 5) is 48.3. The van der Waals surface area contributed by atoms with Gasteiger partial charge in [-0.3, -0.25) is 0 Å². The lowest BCUT2D eigenvalue weighted by Crippen LogP contribution is -2.41. The van der Waals surface area contributed by atoms with E-state index in [9.17, 15) is 32.3 Å². The number of alkyl halides is 3. The molecule has 534 valence electrons. The van der Waals surface area contributed by atoms with Crippen molar-refractivity contribution in [3.8, 4) is 11.1 Å². The van der Waals surface area contributed by atoms with Gasteiger partial charge in [-0.1, -0.05) is 31.0 Å². The van der Waals surface area contributed by atoms with Crippen molar-refractivity contribution in [2.24, 2.45) is 17.6 Å². The summed E-state index contributed by atoms with van der Waals surface area (Å²) in [5.41, 5.74) is 10.1. The van der Waals surface area contributed by atoms with E-state index in [0.29, 0.717) is 76.5 Å². The van der Waals surface area contributed by atoms with Crippen LogP contribution < -0.4 is 47.2 Å². The van der Waals surface area contributed by atoms with Crippen LogP contribution in [0.2, 0.25) is 0 Å². The Morgan fingerprint density at radius 3 is 1.53 bits per heavy atom. The molecule has 2 aromatic carbocycles. The van der Waals surface area contributed by atoms with Crippen LogP contribution in [-0.4, -0.2) is 221 Å². The third-order valence-electron chi connectivity index (χ3n) is 17.4. The second kappa shape index (κ2) is 38.2. The average molecular weight is 1580 g/mol. The number of aromatic nitrogens is 3. The third-order valence-corrected chi connectivity index (χ3v) is 18.6. The molecule has 0 spiro atoms. The second-order valence-corrected chi connectivity index (χ2v) is 27.7. The Morgan fingerprint density at radius 1 is 0.619 bits per heavy atom. The van der Waals surface area contributed by atoms with Crippen molar-refractivity contribution in [2.45, 2.75) is 91.5 Å². The fraction of sp³-hybridized carbons (Fsp3) is 0.567. The first-order valence-electron chi connectivity index (χ1n) is 33.1. The van der Waals surface area contributed by atoms with Crippen molar-refractivity contribution in [1.82, 2.24) is 24.8 Å². The Bertz CT molecular complexity index is 3260. The van der Waals surface area contributed by atoms with Crippen molar-refractivity contribution in [1.29, 1.82) is 0 Å². The Labute approximate surface area is 595 Å². The standard InChI is InChI=1S/C25H35N5O3.C20H28BF3N2O3.C11H16IN3O2.C9H10FIN2O.C2H7NO/c1-3-19-6-8-30(17-19)25(32)27-21-5-4-18(2)22(16-21)20-14-23(26-7-11-31)28-24(15-20)29-9-12-33-13-10-29;1-13-6-7-15(10-16(13)21-28-18(2,3)19(4,5)29-21)25-17(27)26-9-8-14(12-26)11-20(22,23)24;12-9-7-10(13-1-4-16)14-11(8-9)15-2-5-17-6-3-15;10-8-5-7(11)6-9(12-8)13-1-3-14-4-2-13;3-1-2-4/h4-5,14-16,19,31H,3,6-13,17H2,1-2H3,(H,26,28)(H,27,32);6-7,10,14H,8-9,11-12H2,1-5H3,(H,25,27);7-8,16H,1-6H2,(H,13,14);5-6H,1-4H2;4H,1-3H2/t19-;14-;;;/m10.../s1. The minimum atomic E-state index is -4.20. The molecule has 9 heterocycles. The van der Waals surface area contributed by atoms with Crippen molar-refractivity contribution < 1.29 is 66.0 Å². The van der Waals surface area contributed by atoms with Gasteiger partial charge in [0.15, 0.2) is 0 Å². The van der Waals surface area contributed by atoms with Crippen LogP contribution in [0.5, 0.6) is 0 Å². The number of hydrogen-bond donors (Lipinski definition) is 8. The normalized spacial score (nSPS) is 18.9. The number of likely N-dealkylation sites (tertiary alicyclic amines) is 2. The lowest BCUT2D eigenvalue weighted by molar-refractivity contribution is -0.143. The molecule has 97 heavy (non-hydrogen) atoms. The lowest BCUT2D eigenvalue weighted by atomic mass is 9.76. The van der Waals surface area contributed by atoms with Crippen LogP contribution in [0.25, 0.3) is 11.1 Å². The number of morpholine rings is 3. The van der Waals surface area contributed by atoms with Crippen LogP contribution in [0.3, 0.4) is 0 Å². The van der Waals surface area contributed by atoms with Crippen molar-refractivity contribution in [3.05, 3.63) is 97.0 Å². The summed E-state index contributed by atoms with van der Waals surface area (Å²) in [5.74, 6) is 3.74. The zero-order chi connectivity index (χ0) is 70.3. The number of halogens is 6. The van der Waals surface area contributed by atoms with Gasteiger partial charge >= 0.3 is 25.4 Å². The van der Waals surface area contributed by atoms with Gasteiger partial charge < -0.3 is 90.3 Å². The summed E-state index contributed by atoms with van der Waals surface area (Å²) in [6.45, 7) is 26.9. The number of aliphatic hydroxyl groups excluding tert-OH is 3. The number of ether oxygens (including phenoxy) is 3. The van der Waals surface area contributed by atoms with Gasteiger partial charge in [-0.25, -0.2) is 24.5 Å². The molecule has 6 aliphatic heterocycles. The third kappa shape index (κ3) is 24.6. The number of nitrogens with two attached hydrogens (primary N) is 1. The number of nitrogens with zero attached hydrogens (tertiary/aromatic N) is 8. The van der Waals surface area contributed by atoms with E-state index in [1.807, 2.05) is 86.9 Å². The Balaban J connectivity index is 0.000000188. The number of nitrogens with one attached hydrogen (secondary N) is 4. The summed E-state index contributed by atoms with van der Waals surface area (Å²) >= 11 is 4.37. The van der Waals surface area contributed by atoms with Gasteiger partial charge in [0.1, 0.15) is 29.1 Å². The number of carbonyl (C=O) groups excluding carboxylic acids is 2. The molecule has 5 aromatic rings.